The summed E-state index contributed by atoms with van der Waals surface area (Å²) in [5, 5.41) is 3.89. The van der Waals surface area contributed by atoms with Gasteiger partial charge in [-0.15, -0.1) is 0 Å². The van der Waals surface area contributed by atoms with Crippen LogP contribution in [0.4, 0.5) is 18.9 Å². The first-order valence-electron chi connectivity index (χ1n) is 8.14. The van der Waals surface area contributed by atoms with Gasteiger partial charge in [0, 0.05) is 38.4 Å². The summed E-state index contributed by atoms with van der Waals surface area (Å²) in [6, 6.07) is 5.55. The van der Waals surface area contributed by atoms with Crippen LogP contribution in [0.1, 0.15) is 25.8 Å². The van der Waals surface area contributed by atoms with Crippen molar-refractivity contribution in [2.75, 3.05) is 44.2 Å². The predicted octanol–water partition coefficient (Wildman–Crippen LogP) is 3.63. The zero-order chi connectivity index (χ0) is 17.6. The SMILES string of the molecule is CC(C)=NOCCCN1CCN(c2cccc(C(F)(F)F)c2)CC1. The highest BCUT2D eigenvalue weighted by Gasteiger charge is 2.31. The number of rotatable bonds is 6. The molecule has 0 N–H and O–H groups in total. The Labute approximate surface area is 140 Å². The molecule has 0 unspecified atom stereocenters. The smallest absolute Gasteiger partial charge is 0.396 e. The van der Waals surface area contributed by atoms with E-state index in [1.807, 2.05) is 18.7 Å². The lowest BCUT2D eigenvalue weighted by molar-refractivity contribution is -0.137. The van der Waals surface area contributed by atoms with Crippen LogP contribution in [0.2, 0.25) is 0 Å². The van der Waals surface area contributed by atoms with Crippen molar-refractivity contribution in [2.45, 2.75) is 26.4 Å². The summed E-state index contributed by atoms with van der Waals surface area (Å²) >= 11 is 0. The number of halogens is 3. The van der Waals surface area contributed by atoms with Crippen LogP contribution in [0.5, 0.6) is 0 Å². The molecule has 2 rings (SSSR count). The van der Waals surface area contributed by atoms with E-state index in [0.29, 0.717) is 12.3 Å². The Kier molecular flexibility index (Phi) is 6.48. The van der Waals surface area contributed by atoms with E-state index in [4.69, 9.17) is 4.84 Å². The number of benzene rings is 1. The number of piperazine rings is 1. The number of hydrogen-bond acceptors (Lipinski definition) is 4. The Balaban J connectivity index is 1.78. The molecule has 134 valence electrons. The Morgan fingerprint density at radius 3 is 2.50 bits per heavy atom. The summed E-state index contributed by atoms with van der Waals surface area (Å²) in [5.41, 5.74) is 0.941. The molecule has 0 aromatic heterocycles. The van der Waals surface area contributed by atoms with Gasteiger partial charge in [0.1, 0.15) is 6.61 Å². The minimum atomic E-state index is -4.29. The van der Waals surface area contributed by atoms with Gasteiger partial charge in [-0.05, 0) is 38.5 Å². The van der Waals surface area contributed by atoms with Gasteiger partial charge in [0.05, 0.1) is 11.3 Å². The van der Waals surface area contributed by atoms with Crippen molar-refractivity contribution in [1.29, 1.82) is 0 Å². The highest BCUT2D eigenvalue weighted by Crippen LogP contribution is 2.31. The number of alkyl halides is 3. The summed E-state index contributed by atoms with van der Waals surface area (Å²) in [6.07, 6.45) is -3.41. The van der Waals surface area contributed by atoms with Gasteiger partial charge in [0.25, 0.3) is 0 Å². The van der Waals surface area contributed by atoms with Crippen molar-refractivity contribution in [1.82, 2.24) is 4.90 Å². The van der Waals surface area contributed by atoms with E-state index in [2.05, 4.69) is 10.1 Å². The number of oxime groups is 1. The molecule has 1 saturated heterocycles. The van der Waals surface area contributed by atoms with Gasteiger partial charge in [-0.2, -0.15) is 13.2 Å². The molecular weight excluding hydrogens is 319 g/mol. The van der Waals surface area contributed by atoms with Gasteiger partial charge in [0.15, 0.2) is 0 Å². The molecule has 0 radical (unpaired) electrons. The van der Waals surface area contributed by atoms with Gasteiger partial charge < -0.3 is 9.74 Å². The van der Waals surface area contributed by atoms with E-state index in [9.17, 15) is 13.2 Å². The van der Waals surface area contributed by atoms with Crippen LogP contribution in [-0.2, 0) is 11.0 Å². The van der Waals surface area contributed by atoms with Crippen molar-refractivity contribution in [3.8, 4) is 0 Å². The van der Waals surface area contributed by atoms with Gasteiger partial charge in [-0.1, -0.05) is 11.2 Å². The molecule has 1 fully saturated rings. The van der Waals surface area contributed by atoms with Gasteiger partial charge in [-0.25, -0.2) is 0 Å². The van der Waals surface area contributed by atoms with Crippen LogP contribution < -0.4 is 4.90 Å². The van der Waals surface area contributed by atoms with Crippen LogP contribution >= 0.6 is 0 Å². The Bertz CT molecular complexity index is 548. The third-order valence-electron chi connectivity index (χ3n) is 3.87. The average molecular weight is 343 g/mol. The lowest BCUT2D eigenvalue weighted by Gasteiger charge is -2.36. The second kappa shape index (κ2) is 8.37. The fraction of sp³-hybridized carbons (Fsp3) is 0.588. The van der Waals surface area contributed by atoms with E-state index < -0.39 is 11.7 Å². The highest BCUT2D eigenvalue weighted by molar-refractivity contribution is 5.78. The molecule has 1 heterocycles. The molecule has 1 aromatic carbocycles. The van der Waals surface area contributed by atoms with E-state index in [-0.39, 0.29) is 0 Å². The monoisotopic (exact) mass is 343 g/mol. The van der Waals surface area contributed by atoms with Crippen molar-refractivity contribution in [3.63, 3.8) is 0 Å². The Morgan fingerprint density at radius 2 is 1.88 bits per heavy atom. The first-order valence-corrected chi connectivity index (χ1v) is 8.14. The lowest BCUT2D eigenvalue weighted by atomic mass is 10.1. The molecular formula is C17H24F3N3O. The third kappa shape index (κ3) is 5.70. The maximum absolute atomic E-state index is 12.8. The molecule has 0 spiro atoms. The molecule has 0 aliphatic carbocycles. The Hall–Kier alpha value is -1.76. The summed E-state index contributed by atoms with van der Waals surface area (Å²) in [5.74, 6) is 0. The van der Waals surface area contributed by atoms with E-state index in [1.165, 1.54) is 12.1 Å². The van der Waals surface area contributed by atoms with Crippen LogP contribution in [0.3, 0.4) is 0 Å². The van der Waals surface area contributed by atoms with E-state index in [1.54, 1.807) is 6.07 Å². The summed E-state index contributed by atoms with van der Waals surface area (Å²) in [7, 11) is 0. The second-order valence-electron chi connectivity index (χ2n) is 6.10. The molecule has 1 aliphatic heterocycles. The standard InChI is InChI=1S/C17H24F3N3O/c1-14(2)21-24-12-4-7-22-8-10-23(11-9-22)16-6-3-5-15(13-16)17(18,19)20/h3,5-6,13H,4,7-12H2,1-2H3. The molecule has 0 saturated carbocycles. The first-order chi connectivity index (χ1) is 11.4. The van der Waals surface area contributed by atoms with Crippen molar-refractivity contribution in [3.05, 3.63) is 29.8 Å². The molecule has 7 heteroatoms. The molecule has 0 amide bonds. The van der Waals surface area contributed by atoms with Crippen LogP contribution in [0, 0.1) is 0 Å². The van der Waals surface area contributed by atoms with Crippen LogP contribution in [-0.4, -0.2) is 49.9 Å². The third-order valence-corrected chi connectivity index (χ3v) is 3.87. The molecule has 1 aliphatic rings. The lowest BCUT2D eigenvalue weighted by Crippen LogP contribution is -2.46. The highest BCUT2D eigenvalue weighted by atomic mass is 19.4. The first kappa shape index (κ1) is 18.6. The summed E-state index contributed by atoms with van der Waals surface area (Å²) in [6.45, 7) is 8.40. The fourth-order valence-corrected chi connectivity index (χ4v) is 2.64. The van der Waals surface area contributed by atoms with E-state index >= 15 is 0 Å². The zero-order valence-electron chi connectivity index (χ0n) is 14.1. The van der Waals surface area contributed by atoms with Crippen molar-refractivity contribution >= 4 is 11.4 Å². The second-order valence-corrected chi connectivity index (χ2v) is 6.10. The topological polar surface area (TPSA) is 28.1 Å². The van der Waals surface area contributed by atoms with Crippen molar-refractivity contribution in [2.24, 2.45) is 5.16 Å². The van der Waals surface area contributed by atoms with Crippen LogP contribution in [0.15, 0.2) is 29.4 Å². The summed E-state index contributed by atoms with van der Waals surface area (Å²) < 4.78 is 38.4. The average Bonchev–Trinajstić information content (AvgIpc) is 2.54. The van der Waals surface area contributed by atoms with E-state index in [0.717, 1.165) is 50.9 Å². The molecule has 0 bridgehead atoms. The fourth-order valence-electron chi connectivity index (χ4n) is 2.64. The minimum absolute atomic E-state index is 0.582. The maximum Gasteiger partial charge on any atom is 0.416 e. The van der Waals surface area contributed by atoms with Crippen LogP contribution in [0.25, 0.3) is 0 Å². The van der Waals surface area contributed by atoms with Crippen molar-refractivity contribution < 1.29 is 18.0 Å². The molecule has 24 heavy (non-hydrogen) atoms. The largest absolute Gasteiger partial charge is 0.416 e. The molecule has 4 nitrogen and oxygen atoms in total. The number of hydrogen-bond donors (Lipinski definition) is 0. The van der Waals surface area contributed by atoms with Gasteiger partial charge in [0.2, 0.25) is 0 Å². The quantitative estimate of drug-likeness (QED) is 0.449. The minimum Gasteiger partial charge on any atom is -0.396 e. The molecule has 1 aromatic rings. The zero-order valence-corrected chi connectivity index (χ0v) is 14.1. The number of anilines is 1. The number of nitrogens with zero attached hydrogens (tertiary/aromatic N) is 3. The van der Waals surface area contributed by atoms with Gasteiger partial charge in [-0.3, -0.25) is 4.90 Å². The normalized spacial score (nSPS) is 16.1. The predicted molar refractivity (Wildman–Crippen MR) is 89.4 cm³/mol. The molecule has 0 atom stereocenters. The maximum atomic E-state index is 12.8. The summed E-state index contributed by atoms with van der Waals surface area (Å²) in [4.78, 5) is 9.47. The Morgan fingerprint density at radius 1 is 1.17 bits per heavy atom. The van der Waals surface area contributed by atoms with Gasteiger partial charge >= 0.3 is 6.18 Å².